The number of hydrogen-bond donors (Lipinski definition) is 1. The van der Waals surface area contributed by atoms with Gasteiger partial charge in [0.15, 0.2) is 11.5 Å². The van der Waals surface area contributed by atoms with E-state index in [-0.39, 0.29) is 0 Å². The number of ether oxygens (including phenoxy) is 2. The Morgan fingerprint density at radius 3 is 2.39 bits per heavy atom. The van der Waals surface area contributed by atoms with E-state index in [0.29, 0.717) is 17.3 Å². The molecule has 1 rings (SSSR count). The van der Waals surface area contributed by atoms with Crippen LogP contribution in [0.1, 0.15) is 18.1 Å². The van der Waals surface area contributed by atoms with Crippen LogP contribution in [0.3, 0.4) is 0 Å². The van der Waals surface area contributed by atoms with Crippen molar-refractivity contribution in [2.24, 2.45) is 0 Å². The van der Waals surface area contributed by atoms with Crippen LogP contribution < -0.4 is 9.47 Å². The van der Waals surface area contributed by atoms with Crippen LogP contribution in [-0.4, -0.2) is 30.5 Å². The predicted molar refractivity (Wildman–Crippen MR) is 72.7 cm³/mol. The minimum Gasteiger partial charge on any atom is -0.493 e. The molecule has 1 atom stereocenters. The minimum absolute atomic E-state index is 0.419. The fourth-order valence-electron chi connectivity index (χ4n) is 1.46. The predicted octanol–water partition coefficient (Wildman–Crippen LogP) is 2.72. The second-order valence-corrected chi connectivity index (χ2v) is 5.25. The lowest BCUT2D eigenvalue weighted by molar-refractivity contribution is -0.136. The average Bonchev–Trinajstić information content (AvgIpc) is 2.36. The summed E-state index contributed by atoms with van der Waals surface area (Å²) in [7, 11) is 3.18. The number of carboxylic acid groups (broad SMARTS) is 1. The van der Waals surface area contributed by atoms with Gasteiger partial charge in [-0.3, -0.25) is 4.79 Å². The molecule has 0 fully saturated rings. The Balaban J connectivity index is 2.86. The molecule has 0 aliphatic rings. The average molecular weight is 270 g/mol. The van der Waals surface area contributed by atoms with E-state index in [4.69, 9.17) is 14.6 Å². The number of thioether (sulfide) groups is 1. The van der Waals surface area contributed by atoms with Crippen LogP contribution in [0.2, 0.25) is 0 Å². The lowest BCUT2D eigenvalue weighted by Crippen LogP contribution is -2.11. The quantitative estimate of drug-likeness (QED) is 0.861. The van der Waals surface area contributed by atoms with E-state index in [0.717, 1.165) is 11.1 Å². The van der Waals surface area contributed by atoms with E-state index >= 15 is 0 Å². The SMILES string of the molecule is COc1cc(C)c(CSC(C)C(=O)O)cc1OC. The van der Waals surface area contributed by atoms with Crippen LogP contribution in [0, 0.1) is 6.92 Å². The first kappa shape index (κ1) is 14.7. The van der Waals surface area contributed by atoms with E-state index in [1.165, 1.54) is 11.8 Å². The monoisotopic (exact) mass is 270 g/mol. The van der Waals surface area contributed by atoms with Crippen LogP contribution in [0.15, 0.2) is 12.1 Å². The third-order valence-electron chi connectivity index (χ3n) is 2.68. The molecule has 0 saturated carbocycles. The highest BCUT2D eigenvalue weighted by Crippen LogP contribution is 2.32. The zero-order chi connectivity index (χ0) is 13.7. The number of aliphatic carboxylic acids is 1. The van der Waals surface area contributed by atoms with Gasteiger partial charge in [0, 0.05) is 5.75 Å². The van der Waals surface area contributed by atoms with Crippen molar-refractivity contribution in [3.05, 3.63) is 23.3 Å². The molecular weight excluding hydrogens is 252 g/mol. The summed E-state index contributed by atoms with van der Waals surface area (Å²) in [5.41, 5.74) is 2.13. The van der Waals surface area contributed by atoms with Crippen LogP contribution in [0.5, 0.6) is 11.5 Å². The van der Waals surface area contributed by atoms with Gasteiger partial charge in [0.05, 0.1) is 19.5 Å². The zero-order valence-electron chi connectivity index (χ0n) is 11.0. The molecule has 0 aliphatic carbocycles. The molecule has 1 aromatic carbocycles. The highest BCUT2D eigenvalue weighted by molar-refractivity contribution is 7.99. The maximum Gasteiger partial charge on any atom is 0.316 e. The molecule has 0 aromatic heterocycles. The van der Waals surface area contributed by atoms with Gasteiger partial charge < -0.3 is 14.6 Å². The highest BCUT2D eigenvalue weighted by atomic mass is 32.2. The number of methoxy groups -OCH3 is 2. The van der Waals surface area contributed by atoms with Crippen LogP contribution in [0.25, 0.3) is 0 Å². The Morgan fingerprint density at radius 2 is 1.89 bits per heavy atom. The molecule has 1 unspecified atom stereocenters. The molecule has 100 valence electrons. The summed E-state index contributed by atoms with van der Waals surface area (Å²) < 4.78 is 10.4. The van der Waals surface area contributed by atoms with E-state index in [2.05, 4.69) is 0 Å². The first-order valence-corrected chi connectivity index (χ1v) is 6.60. The molecular formula is C13H18O4S. The summed E-state index contributed by atoms with van der Waals surface area (Å²) in [4.78, 5) is 10.8. The molecule has 5 heteroatoms. The summed E-state index contributed by atoms with van der Waals surface area (Å²) in [5, 5.41) is 8.43. The summed E-state index contributed by atoms with van der Waals surface area (Å²) in [6.07, 6.45) is 0. The second-order valence-electron chi connectivity index (χ2n) is 3.93. The molecule has 0 amide bonds. The van der Waals surface area contributed by atoms with Crippen molar-refractivity contribution in [1.29, 1.82) is 0 Å². The summed E-state index contributed by atoms with van der Waals surface area (Å²) in [6.45, 7) is 3.66. The van der Waals surface area contributed by atoms with E-state index in [9.17, 15) is 4.79 Å². The van der Waals surface area contributed by atoms with Crippen LogP contribution in [0.4, 0.5) is 0 Å². The second kappa shape index (κ2) is 6.54. The lowest BCUT2D eigenvalue weighted by Gasteiger charge is -2.13. The molecule has 0 radical (unpaired) electrons. The Hall–Kier alpha value is -1.36. The number of carboxylic acids is 1. The molecule has 1 aromatic rings. The standard InChI is InChI=1S/C13H18O4S/c1-8-5-11(16-3)12(17-4)6-10(8)7-18-9(2)13(14)15/h5-6,9H,7H2,1-4H3,(H,14,15). The number of hydrogen-bond acceptors (Lipinski definition) is 4. The van der Waals surface area contributed by atoms with E-state index in [1.807, 2.05) is 19.1 Å². The lowest BCUT2D eigenvalue weighted by atomic mass is 10.1. The fraction of sp³-hybridized carbons (Fsp3) is 0.462. The van der Waals surface area contributed by atoms with Crippen LogP contribution >= 0.6 is 11.8 Å². The fourth-order valence-corrected chi connectivity index (χ4v) is 2.35. The maximum absolute atomic E-state index is 10.8. The van der Waals surface area contributed by atoms with Crippen LogP contribution in [-0.2, 0) is 10.5 Å². The van der Waals surface area contributed by atoms with Gasteiger partial charge in [-0.15, -0.1) is 11.8 Å². The van der Waals surface area contributed by atoms with Crippen molar-refractivity contribution in [3.8, 4) is 11.5 Å². The number of aryl methyl sites for hydroxylation is 1. The van der Waals surface area contributed by atoms with Crippen molar-refractivity contribution < 1.29 is 19.4 Å². The third-order valence-corrected chi connectivity index (χ3v) is 3.86. The van der Waals surface area contributed by atoms with Gasteiger partial charge in [-0.2, -0.15) is 0 Å². The van der Waals surface area contributed by atoms with E-state index < -0.39 is 11.2 Å². The van der Waals surface area contributed by atoms with Gasteiger partial charge in [-0.05, 0) is 37.1 Å². The van der Waals surface area contributed by atoms with Crippen molar-refractivity contribution in [3.63, 3.8) is 0 Å². The number of carbonyl (C=O) groups is 1. The molecule has 4 nitrogen and oxygen atoms in total. The largest absolute Gasteiger partial charge is 0.493 e. The highest BCUT2D eigenvalue weighted by Gasteiger charge is 2.13. The van der Waals surface area contributed by atoms with E-state index in [1.54, 1.807) is 21.1 Å². The minimum atomic E-state index is -0.793. The normalized spacial score (nSPS) is 12.0. The van der Waals surface area contributed by atoms with Gasteiger partial charge in [0.1, 0.15) is 0 Å². The molecule has 0 spiro atoms. The number of rotatable bonds is 6. The van der Waals surface area contributed by atoms with Crippen molar-refractivity contribution in [2.75, 3.05) is 14.2 Å². The topological polar surface area (TPSA) is 55.8 Å². The Labute approximate surface area is 111 Å². The van der Waals surface area contributed by atoms with Gasteiger partial charge in [0.2, 0.25) is 0 Å². The molecule has 0 saturated heterocycles. The smallest absolute Gasteiger partial charge is 0.316 e. The van der Waals surface area contributed by atoms with Crippen molar-refractivity contribution in [1.82, 2.24) is 0 Å². The van der Waals surface area contributed by atoms with Gasteiger partial charge in [-0.25, -0.2) is 0 Å². The number of benzene rings is 1. The maximum atomic E-state index is 10.8. The molecule has 18 heavy (non-hydrogen) atoms. The summed E-state index contributed by atoms with van der Waals surface area (Å²) in [6, 6.07) is 3.80. The molecule has 0 bridgehead atoms. The summed E-state index contributed by atoms with van der Waals surface area (Å²) >= 11 is 1.39. The third kappa shape index (κ3) is 3.57. The Kier molecular flexibility index (Phi) is 5.34. The molecule has 0 heterocycles. The van der Waals surface area contributed by atoms with Crippen molar-refractivity contribution >= 4 is 17.7 Å². The molecule has 1 N–H and O–H groups in total. The summed E-state index contributed by atoms with van der Waals surface area (Å²) in [5.74, 6) is 1.20. The Morgan fingerprint density at radius 1 is 1.33 bits per heavy atom. The van der Waals surface area contributed by atoms with Gasteiger partial charge in [0.25, 0.3) is 0 Å². The van der Waals surface area contributed by atoms with Crippen molar-refractivity contribution in [2.45, 2.75) is 24.9 Å². The Bertz CT molecular complexity index is 431. The molecule has 0 aliphatic heterocycles. The zero-order valence-corrected chi connectivity index (χ0v) is 11.8. The first-order valence-electron chi connectivity index (χ1n) is 5.55. The van der Waals surface area contributed by atoms with Gasteiger partial charge in [-0.1, -0.05) is 0 Å². The van der Waals surface area contributed by atoms with Gasteiger partial charge >= 0.3 is 5.97 Å². The first-order chi connectivity index (χ1) is 8.49.